The molecule has 1 aliphatic heterocycles. The third kappa shape index (κ3) is 2.44. The molecule has 1 aromatic carbocycles. The zero-order valence-corrected chi connectivity index (χ0v) is 13.4. The Bertz CT molecular complexity index is 784. The molecule has 22 heavy (non-hydrogen) atoms. The van der Waals surface area contributed by atoms with Crippen LogP contribution >= 0.6 is 15.9 Å². The first-order valence-corrected chi connectivity index (χ1v) is 7.51. The van der Waals surface area contributed by atoms with Gasteiger partial charge < -0.3 is 10.1 Å². The zero-order valence-electron chi connectivity index (χ0n) is 11.8. The molecular formula is C16H13BrN4O. The molecular weight excluding hydrogens is 344 g/mol. The second kappa shape index (κ2) is 5.78. The van der Waals surface area contributed by atoms with Crippen LogP contribution in [0.1, 0.15) is 17.0 Å². The predicted octanol–water partition coefficient (Wildman–Crippen LogP) is 3.53. The number of nitriles is 1. The molecule has 2 aromatic rings. The molecule has 0 fully saturated rings. The van der Waals surface area contributed by atoms with E-state index in [4.69, 9.17) is 10.1 Å². The van der Waals surface area contributed by atoms with Gasteiger partial charge in [0.05, 0.1) is 6.07 Å². The molecule has 6 heteroatoms. The Balaban J connectivity index is 2.18. The molecule has 0 spiro atoms. The summed E-state index contributed by atoms with van der Waals surface area (Å²) < 4.78 is 6.39. The number of hydrogen-bond acceptors (Lipinski definition) is 5. The molecule has 1 aromatic heterocycles. The van der Waals surface area contributed by atoms with E-state index in [0.717, 1.165) is 21.3 Å². The van der Waals surface area contributed by atoms with Gasteiger partial charge in [0.25, 0.3) is 0 Å². The van der Waals surface area contributed by atoms with Crippen LogP contribution in [0, 0.1) is 22.7 Å². The highest BCUT2D eigenvalue weighted by atomic mass is 79.9. The highest BCUT2D eigenvalue weighted by Crippen LogP contribution is 2.43. The van der Waals surface area contributed by atoms with E-state index in [0.29, 0.717) is 5.75 Å². The van der Waals surface area contributed by atoms with Crippen LogP contribution in [0.4, 0.5) is 5.69 Å². The van der Waals surface area contributed by atoms with Crippen LogP contribution < -0.4 is 10.1 Å². The predicted molar refractivity (Wildman–Crippen MR) is 87.2 cm³/mol. The van der Waals surface area contributed by atoms with Gasteiger partial charge in [0.2, 0.25) is 5.90 Å². The van der Waals surface area contributed by atoms with E-state index in [1.807, 2.05) is 31.3 Å². The van der Waals surface area contributed by atoms with Gasteiger partial charge >= 0.3 is 0 Å². The van der Waals surface area contributed by atoms with Crippen LogP contribution in [0.25, 0.3) is 0 Å². The largest absolute Gasteiger partial charge is 0.442 e. The number of rotatable bonds is 2. The fourth-order valence-electron chi connectivity index (χ4n) is 2.65. The molecule has 110 valence electrons. The van der Waals surface area contributed by atoms with Gasteiger partial charge in [-0.05, 0) is 33.6 Å². The quantitative estimate of drug-likeness (QED) is 0.862. The fourth-order valence-corrected chi connectivity index (χ4v) is 3.03. The van der Waals surface area contributed by atoms with Gasteiger partial charge in [0.1, 0.15) is 11.7 Å². The van der Waals surface area contributed by atoms with Gasteiger partial charge in [-0.1, -0.05) is 6.07 Å². The minimum Gasteiger partial charge on any atom is -0.442 e. The lowest BCUT2D eigenvalue weighted by Crippen LogP contribution is -2.31. The number of aromatic nitrogens is 1. The van der Waals surface area contributed by atoms with E-state index in [1.54, 1.807) is 12.4 Å². The third-order valence-corrected chi connectivity index (χ3v) is 4.13. The average molecular weight is 357 g/mol. The maximum atomic E-state index is 9.47. The van der Waals surface area contributed by atoms with Gasteiger partial charge in [0, 0.05) is 47.1 Å². The smallest absolute Gasteiger partial charge is 0.205 e. The topological polar surface area (TPSA) is 81.8 Å². The van der Waals surface area contributed by atoms with Crippen molar-refractivity contribution in [2.75, 3.05) is 12.4 Å². The van der Waals surface area contributed by atoms with Crippen LogP contribution in [0.5, 0.6) is 5.75 Å². The number of ether oxygens (including phenoxy) is 1. The Morgan fingerprint density at radius 3 is 2.86 bits per heavy atom. The van der Waals surface area contributed by atoms with Crippen molar-refractivity contribution in [3.63, 3.8) is 0 Å². The van der Waals surface area contributed by atoms with Crippen LogP contribution in [0.3, 0.4) is 0 Å². The Hall–Kier alpha value is -2.39. The standard InChI is InChI=1S/C16H13BrN4O/c1-20-11-2-3-12-14(5-11)22-16(19)13(6-18)15(12)9-4-10(17)8-21-7-9/h2-5,7-8,13,15,19-20H,1H3. The first-order valence-electron chi connectivity index (χ1n) is 6.72. The molecule has 1 aliphatic rings. The molecule has 0 aliphatic carbocycles. The van der Waals surface area contributed by atoms with Crippen LogP contribution in [-0.4, -0.2) is 17.9 Å². The second-order valence-electron chi connectivity index (χ2n) is 4.99. The monoisotopic (exact) mass is 356 g/mol. The van der Waals surface area contributed by atoms with Crippen molar-refractivity contribution in [3.05, 3.63) is 52.3 Å². The maximum Gasteiger partial charge on any atom is 0.205 e. The molecule has 2 unspecified atom stereocenters. The summed E-state index contributed by atoms with van der Waals surface area (Å²) in [6.07, 6.45) is 3.43. The van der Waals surface area contributed by atoms with Crippen molar-refractivity contribution in [3.8, 4) is 11.8 Å². The third-order valence-electron chi connectivity index (χ3n) is 3.70. The number of hydrogen-bond donors (Lipinski definition) is 2. The van der Waals surface area contributed by atoms with E-state index in [-0.39, 0.29) is 11.8 Å². The normalized spacial score (nSPS) is 19.8. The molecule has 0 radical (unpaired) electrons. The van der Waals surface area contributed by atoms with Crippen LogP contribution in [0.15, 0.2) is 41.1 Å². The summed E-state index contributed by atoms with van der Waals surface area (Å²) >= 11 is 3.41. The molecule has 0 bridgehead atoms. The lowest BCUT2D eigenvalue weighted by molar-refractivity contribution is 0.450. The van der Waals surface area contributed by atoms with Crippen molar-refractivity contribution in [1.29, 1.82) is 10.7 Å². The van der Waals surface area contributed by atoms with Crippen LogP contribution in [-0.2, 0) is 0 Å². The number of pyridine rings is 1. The summed E-state index contributed by atoms with van der Waals surface area (Å²) in [7, 11) is 1.82. The number of halogens is 1. The molecule has 2 N–H and O–H groups in total. The van der Waals surface area contributed by atoms with Gasteiger partial charge in [0.15, 0.2) is 0 Å². The average Bonchev–Trinajstić information content (AvgIpc) is 2.52. The minimum atomic E-state index is -0.663. The molecule has 0 amide bonds. The van der Waals surface area contributed by atoms with E-state index in [2.05, 4.69) is 32.3 Å². The molecule has 5 nitrogen and oxygen atoms in total. The maximum absolute atomic E-state index is 9.47. The van der Waals surface area contributed by atoms with Crippen molar-refractivity contribution in [2.45, 2.75) is 5.92 Å². The number of anilines is 1. The van der Waals surface area contributed by atoms with Gasteiger partial charge in [-0.2, -0.15) is 5.26 Å². The summed E-state index contributed by atoms with van der Waals surface area (Å²) in [4.78, 5) is 4.18. The first-order chi connectivity index (χ1) is 10.6. The minimum absolute atomic E-state index is 0.0340. The van der Waals surface area contributed by atoms with Crippen molar-refractivity contribution in [2.24, 2.45) is 5.92 Å². The van der Waals surface area contributed by atoms with Gasteiger partial charge in [-0.25, -0.2) is 0 Å². The summed E-state index contributed by atoms with van der Waals surface area (Å²) in [5.74, 6) is -0.359. The van der Waals surface area contributed by atoms with E-state index in [1.165, 1.54) is 0 Å². The highest BCUT2D eigenvalue weighted by molar-refractivity contribution is 9.10. The fraction of sp³-hybridized carbons (Fsp3) is 0.188. The number of fused-ring (bicyclic) bond motifs is 1. The van der Waals surface area contributed by atoms with Crippen molar-refractivity contribution in [1.82, 2.24) is 4.98 Å². The summed E-state index contributed by atoms with van der Waals surface area (Å²) in [6.45, 7) is 0. The van der Waals surface area contributed by atoms with E-state index < -0.39 is 5.92 Å². The van der Waals surface area contributed by atoms with E-state index in [9.17, 15) is 5.26 Å². The lowest BCUT2D eigenvalue weighted by atomic mass is 9.79. The lowest BCUT2D eigenvalue weighted by Gasteiger charge is -2.30. The molecule has 2 atom stereocenters. The van der Waals surface area contributed by atoms with Crippen LogP contribution in [0.2, 0.25) is 0 Å². The molecule has 3 rings (SSSR count). The Kier molecular flexibility index (Phi) is 3.82. The van der Waals surface area contributed by atoms with Crippen molar-refractivity contribution >= 4 is 27.5 Å². The Labute approximate surface area is 136 Å². The number of benzene rings is 1. The number of nitrogens with zero attached hydrogens (tertiary/aromatic N) is 2. The summed E-state index contributed by atoms with van der Waals surface area (Å²) in [6, 6.07) is 9.82. The SMILES string of the molecule is CNc1ccc2c(c1)OC(=N)C(C#N)C2c1cncc(Br)c1. The zero-order chi connectivity index (χ0) is 15.7. The Morgan fingerprint density at radius 2 is 2.18 bits per heavy atom. The second-order valence-corrected chi connectivity index (χ2v) is 5.91. The summed E-state index contributed by atoms with van der Waals surface area (Å²) in [5, 5.41) is 20.6. The van der Waals surface area contributed by atoms with Gasteiger partial charge in [-0.15, -0.1) is 0 Å². The van der Waals surface area contributed by atoms with Crippen molar-refractivity contribution < 1.29 is 4.74 Å². The number of nitrogens with one attached hydrogen (secondary N) is 2. The molecule has 0 saturated heterocycles. The van der Waals surface area contributed by atoms with E-state index >= 15 is 0 Å². The van der Waals surface area contributed by atoms with Gasteiger partial charge in [-0.3, -0.25) is 10.4 Å². The first kappa shape index (κ1) is 14.5. The molecule has 0 saturated carbocycles. The Morgan fingerprint density at radius 1 is 1.36 bits per heavy atom. The highest BCUT2D eigenvalue weighted by Gasteiger charge is 2.37. The summed E-state index contributed by atoms with van der Waals surface area (Å²) in [5.41, 5.74) is 2.67. The molecule has 2 heterocycles.